The number of primary amides is 1. The number of hydrogen-bond donors (Lipinski definition) is 5. The number of unbranched alkanes of at least 4 members (excludes halogenated alkanes) is 2. The number of ether oxygens (including phenoxy) is 6. The van der Waals surface area contributed by atoms with Crippen LogP contribution < -0.4 is 31.3 Å². The standard InChI is InChI=1S/C61H85ClFN5O15/c1-11-40(12-2)57(74)80-25-15-13-14-19-41(69)31-42(35(3)4)56(73)66-45(20-17-24-65-58(64)75)47(70)29-38-22-23-44(43(63)27-38)67-59(76)82-51-32-52(71)68(8)46-28-39(30-48(78-9)54(46)62)26-36(5)18-16-21-50(79-10)61(77)33-49(81-53(72)34-61)37(6)55-60(51,7)83-55/h16,18,21-23,27-28,30,35,37,40,42,45,49-51,55,77H,11-15,17,19-20,24-26,29,31-34H2,1-10H3,(H,66,73)(H,67,76)(H3,64,65,75)/b21-16+,36-18+/t37-,42+,45+,49+,50-,51+,55+,60+,61-/m1/s1. The number of urea groups is 1. The molecule has 0 radical (unpaired) electrons. The van der Waals surface area contributed by atoms with Crippen molar-refractivity contribution >= 4 is 70.4 Å². The molecule has 20 nitrogen and oxygen atoms in total. The number of anilines is 2. The highest BCUT2D eigenvalue weighted by molar-refractivity contribution is 6.35. The molecule has 3 aliphatic heterocycles. The summed E-state index contributed by atoms with van der Waals surface area (Å²) in [6.45, 7) is 13.1. The number of allylic oxidation sites excluding steroid dienone is 3. The van der Waals surface area contributed by atoms with Gasteiger partial charge in [-0.3, -0.25) is 34.1 Å². The molecule has 5 rings (SSSR count). The number of nitrogens with zero attached hydrogens (tertiary/aromatic N) is 1. The molecule has 2 saturated heterocycles. The average Bonchev–Trinajstić information content (AvgIpc) is 2.23. The minimum atomic E-state index is -1.67. The van der Waals surface area contributed by atoms with Gasteiger partial charge >= 0.3 is 24.1 Å². The number of amides is 5. The predicted molar refractivity (Wildman–Crippen MR) is 309 cm³/mol. The largest absolute Gasteiger partial charge is 0.495 e. The van der Waals surface area contributed by atoms with E-state index in [2.05, 4.69) is 16.0 Å². The zero-order valence-corrected chi connectivity index (χ0v) is 50.3. The Labute approximate surface area is 491 Å². The van der Waals surface area contributed by atoms with Crippen LogP contribution in [0.25, 0.3) is 0 Å². The van der Waals surface area contributed by atoms with E-state index in [0.717, 1.165) is 17.2 Å². The average molecular weight is 1180 g/mol. The maximum absolute atomic E-state index is 16.1. The van der Waals surface area contributed by atoms with Crippen molar-refractivity contribution < 1.29 is 76.3 Å². The van der Waals surface area contributed by atoms with Gasteiger partial charge in [-0.1, -0.05) is 76.1 Å². The highest BCUT2D eigenvalue weighted by atomic mass is 35.5. The fraction of sp³-hybridized carbons (Fsp3) is 0.607. The molecule has 83 heavy (non-hydrogen) atoms. The van der Waals surface area contributed by atoms with Gasteiger partial charge < -0.3 is 54.8 Å². The third-order valence-electron chi connectivity index (χ3n) is 16.0. The second-order valence-electron chi connectivity index (χ2n) is 22.7. The first kappa shape index (κ1) is 67.4. The number of benzene rings is 2. The quantitative estimate of drug-likeness (QED) is 0.0269. The SMILES string of the molecule is CCC(CC)C(=O)OCCCCCC(=O)C[C@H](C(=O)N[C@@H](CCCNC(N)=O)C(=O)Cc1ccc(NC(=O)O[C@H]2CC(=O)N(C)c3cc(cc(OC)c3Cl)C/C(C)=C/C=C/[C@@H](OC)[C@]3(O)CC(=O)O[C@@H](C3)[C@@H](C)[C@@H]3O[C@@]23C)c(F)c1)C(C)C. The number of aliphatic hydroxyl groups is 1. The number of epoxide rings is 1. The number of esters is 2. The Morgan fingerprint density at radius 1 is 1.02 bits per heavy atom. The minimum Gasteiger partial charge on any atom is -0.495 e. The molecule has 0 aromatic heterocycles. The van der Waals surface area contributed by atoms with Crippen LogP contribution in [0.15, 0.2) is 54.1 Å². The summed E-state index contributed by atoms with van der Waals surface area (Å²) in [5.41, 5.74) is 3.99. The number of carbonyl (C=O) groups excluding carboxylic acids is 8. The highest BCUT2D eigenvalue weighted by Crippen LogP contribution is 2.50. The van der Waals surface area contributed by atoms with Crippen LogP contribution in [0.4, 0.5) is 25.4 Å². The van der Waals surface area contributed by atoms with Gasteiger partial charge in [-0.25, -0.2) is 14.0 Å². The number of ketones is 2. The molecule has 9 atom stereocenters. The van der Waals surface area contributed by atoms with Gasteiger partial charge in [0.15, 0.2) is 5.78 Å². The topological polar surface area (TPSA) is 281 Å². The number of methoxy groups -OCH3 is 2. The summed E-state index contributed by atoms with van der Waals surface area (Å²) in [5.74, 6) is -5.01. The number of halogens is 2. The van der Waals surface area contributed by atoms with E-state index in [0.29, 0.717) is 50.0 Å². The van der Waals surface area contributed by atoms with Crippen LogP contribution in [0, 0.1) is 29.5 Å². The first-order chi connectivity index (χ1) is 39.3. The van der Waals surface area contributed by atoms with Crippen LogP contribution in [-0.2, 0) is 65.3 Å². The molecule has 4 bridgehead atoms. The van der Waals surface area contributed by atoms with Gasteiger partial charge in [-0.15, -0.1) is 0 Å². The number of hydrogen-bond acceptors (Lipinski definition) is 15. The summed E-state index contributed by atoms with van der Waals surface area (Å²) in [4.78, 5) is 107. The molecule has 2 aromatic carbocycles. The highest BCUT2D eigenvalue weighted by Gasteiger charge is 2.64. The van der Waals surface area contributed by atoms with E-state index >= 15 is 4.39 Å². The van der Waals surface area contributed by atoms with Crippen molar-refractivity contribution in [1.82, 2.24) is 10.6 Å². The summed E-state index contributed by atoms with van der Waals surface area (Å²) >= 11 is 6.82. The Hall–Kier alpha value is -6.42. The number of Topliss-reactive ketones (excluding diaryl/α,β-unsaturated/α-hetero) is 2. The Morgan fingerprint density at radius 3 is 2.40 bits per heavy atom. The Kier molecular flexibility index (Phi) is 25.1. The Morgan fingerprint density at radius 2 is 1.75 bits per heavy atom. The lowest BCUT2D eigenvalue weighted by Crippen LogP contribution is -2.53. The van der Waals surface area contributed by atoms with Crippen molar-refractivity contribution in [3.8, 4) is 5.75 Å². The molecule has 3 aliphatic rings. The van der Waals surface area contributed by atoms with E-state index in [1.807, 2.05) is 26.8 Å². The lowest BCUT2D eigenvalue weighted by molar-refractivity contribution is -0.187. The van der Waals surface area contributed by atoms with Crippen LogP contribution in [0.2, 0.25) is 5.02 Å². The van der Waals surface area contributed by atoms with Crippen LogP contribution >= 0.6 is 11.6 Å². The van der Waals surface area contributed by atoms with E-state index in [4.69, 9.17) is 45.8 Å². The Bertz CT molecular complexity index is 2720. The van der Waals surface area contributed by atoms with Crippen molar-refractivity contribution in [2.75, 3.05) is 44.6 Å². The smallest absolute Gasteiger partial charge is 0.412 e. The lowest BCUT2D eigenvalue weighted by atomic mass is 9.78. The molecule has 2 fully saturated rings. The van der Waals surface area contributed by atoms with Gasteiger partial charge in [-0.05, 0) is 107 Å². The predicted octanol–water partition coefficient (Wildman–Crippen LogP) is 8.58. The summed E-state index contributed by atoms with van der Waals surface area (Å²) in [6.07, 6.45) is 3.03. The number of nitrogens with one attached hydrogen (secondary N) is 3. The van der Waals surface area contributed by atoms with Crippen molar-refractivity contribution in [3.05, 3.63) is 76.1 Å². The number of fused-ring (bicyclic) bond motifs is 5. The molecular weight excluding hydrogens is 1100 g/mol. The number of carbonyl (C=O) groups is 8. The monoisotopic (exact) mass is 1180 g/mol. The van der Waals surface area contributed by atoms with E-state index in [1.165, 1.54) is 38.3 Å². The molecule has 458 valence electrons. The summed E-state index contributed by atoms with van der Waals surface area (Å²) < 4.78 is 50.9. The number of rotatable bonds is 25. The second-order valence-corrected chi connectivity index (χ2v) is 23.0. The second kappa shape index (κ2) is 30.9. The van der Waals surface area contributed by atoms with Gasteiger partial charge in [0.05, 0.1) is 56.0 Å². The minimum absolute atomic E-state index is 0.0336. The molecule has 6 N–H and O–H groups in total. The normalized spacial score (nSPS) is 24.5. The van der Waals surface area contributed by atoms with Crippen LogP contribution in [0.3, 0.4) is 0 Å². The van der Waals surface area contributed by atoms with E-state index in [9.17, 15) is 43.5 Å². The van der Waals surface area contributed by atoms with Crippen molar-refractivity contribution in [2.24, 2.45) is 29.4 Å². The molecular formula is C61H85ClFN5O15. The van der Waals surface area contributed by atoms with Gasteiger partial charge in [0, 0.05) is 58.2 Å². The first-order valence-corrected chi connectivity index (χ1v) is 29.1. The summed E-state index contributed by atoms with van der Waals surface area (Å²) in [6, 6.07) is 5.32. The summed E-state index contributed by atoms with van der Waals surface area (Å²) in [7, 11) is 4.39. The van der Waals surface area contributed by atoms with E-state index in [-0.39, 0.29) is 98.0 Å². The molecule has 0 saturated carbocycles. The first-order valence-electron chi connectivity index (χ1n) is 28.7. The summed E-state index contributed by atoms with van der Waals surface area (Å²) in [5, 5.41) is 19.8. The molecule has 0 aliphatic carbocycles. The zero-order chi connectivity index (χ0) is 61.3. The molecule has 2 aromatic rings. The fourth-order valence-electron chi connectivity index (χ4n) is 10.8. The number of nitrogens with two attached hydrogens (primary N) is 1. The van der Waals surface area contributed by atoms with Crippen LogP contribution in [0.5, 0.6) is 5.75 Å². The molecule has 0 unspecified atom stereocenters. The molecule has 5 amide bonds. The van der Waals surface area contributed by atoms with Crippen molar-refractivity contribution in [3.63, 3.8) is 0 Å². The van der Waals surface area contributed by atoms with Gasteiger partial charge in [-0.2, -0.15) is 0 Å². The van der Waals surface area contributed by atoms with Crippen molar-refractivity contribution in [1.29, 1.82) is 0 Å². The van der Waals surface area contributed by atoms with Crippen LogP contribution in [-0.4, -0.2) is 129 Å². The molecule has 3 heterocycles. The lowest BCUT2D eigenvalue weighted by Gasteiger charge is -2.41. The maximum Gasteiger partial charge on any atom is 0.412 e. The van der Waals surface area contributed by atoms with Crippen LogP contribution in [0.1, 0.15) is 137 Å². The molecule has 0 spiro atoms. The third-order valence-corrected chi connectivity index (χ3v) is 16.4. The molecule has 22 heteroatoms. The van der Waals surface area contributed by atoms with E-state index < -0.39 is 101 Å². The maximum atomic E-state index is 16.1. The zero-order valence-electron chi connectivity index (χ0n) is 49.6. The fourth-order valence-corrected chi connectivity index (χ4v) is 11.1. The van der Waals surface area contributed by atoms with Gasteiger partial charge in [0.1, 0.15) is 51.9 Å². The van der Waals surface area contributed by atoms with Gasteiger partial charge in [0.25, 0.3) is 0 Å². The van der Waals surface area contributed by atoms with E-state index in [1.54, 1.807) is 52.0 Å². The van der Waals surface area contributed by atoms with Gasteiger partial charge in [0.2, 0.25) is 11.8 Å². The third kappa shape index (κ3) is 18.8. The Balaban J connectivity index is 1.31. The van der Waals surface area contributed by atoms with Crippen molar-refractivity contribution in [2.45, 2.75) is 180 Å².